The van der Waals surface area contributed by atoms with Crippen LogP contribution in [0.5, 0.6) is 0 Å². The lowest BCUT2D eigenvalue weighted by Crippen LogP contribution is -2.48. The molecule has 6 nitrogen and oxygen atoms in total. The van der Waals surface area contributed by atoms with Gasteiger partial charge in [-0.25, -0.2) is 4.79 Å². The molecule has 1 aliphatic rings. The first-order valence-corrected chi connectivity index (χ1v) is 14.4. The third-order valence-electron chi connectivity index (χ3n) is 7.71. The molecule has 0 aromatic carbocycles. The van der Waals surface area contributed by atoms with Crippen molar-refractivity contribution in [3.63, 3.8) is 0 Å². The van der Waals surface area contributed by atoms with E-state index in [4.69, 9.17) is 4.74 Å². The van der Waals surface area contributed by atoms with Gasteiger partial charge < -0.3 is 15.0 Å². The van der Waals surface area contributed by atoms with Crippen LogP contribution in [-0.2, 0) is 19.1 Å². The summed E-state index contributed by atoms with van der Waals surface area (Å²) in [5, 5.41) is 2.88. The van der Waals surface area contributed by atoms with Crippen molar-refractivity contribution in [2.24, 2.45) is 17.3 Å². The minimum absolute atomic E-state index is 0.0473. The van der Waals surface area contributed by atoms with E-state index >= 15 is 0 Å². The van der Waals surface area contributed by atoms with E-state index in [0.29, 0.717) is 18.1 Å². The molecule has 0 aromatic heterocycles. The Balaban J connectivity index is 0.00000176. The molecule has 0 aromatic rings. The van der Waals surface area contributed by atoms with E-state index in [2.05, 4.69) is 19.2 Å². The van der Waals surface area contributed by atoms with Crippen molar-refractivity contribution in [3.05, 3.63) is 11.6 Å². The minimum atomic E-state index is -0.438. The van der Waals surface area contributed by atoms with E-state index < -0.39 is 5.41 Å². The fraction of sp³-hybridized carbons (Fsp3) is 0.833. The Kier molecular flexibility index (Phi) is 17.5. The van der Waals surface area contributed by atoms with Crippen LogP contribution >= 0.6 is 0 Å². The number of likely N-dealkylation sites (N-methyl/N-ethyl adjacent to an activating group) is 1. The van der Waals surface area contributed by atoms with Gasteiger partial charge in [-0.05, 0) is 44.9 Å². The standard InChI is InChI=1S/C24H44N2O4.C6H12/c1-10-18(7)15-24(11-2,12-3)23(29)25-16-21(27)26(9)20(17(5)6)14-19(8)22(28)30-13-4;1-2-4-6-5-3-1/h14,17-18,20H,10-13,15-16H2,1-9H3,(H,25,29);1-6H2/b19-14+;/t18?,20-;/m1./s1. The molecule has 1 unspecified atom stereocenters. The van der Waals surface area contributed by atoms with Gasteiger partial charge in [0.15, 0.2) is 0 Å². The van der Waals surface area contributed by atoms with Crippen LogP contribution in [0.25, 0.3) is 0 Å². The second-order valence-corrected chi connectivity index (χ2v) is 10.8. The number of hydrogen-bond acceptors (Lipinski definition) is 4. The van der Waals surface area contributed by atoms with E-state index in [1.54, 1.807) is 31.9 Å². The molecule has 0 radical (unpaired) electrons. The molecule has 2 atom stereocenters. The molecule has 0 bridgehead atoms. The summed E-state index contributed by atoms with van der Waals surface area (Å²) in [6, 6.07) is -0.263. The summed E-state index contributed by atoms with van der Waals surface area (Å²) >= 11 is 0. The number of carbonyl (C=O) groups is 3. The molecule has 210 valence electrons. The number of esters is 1. The van der Waals surface area contributed by atoms with Gasteiger partial charge in [0.1, 0.15) is 0 Å². The molecule has 1 saturated carbocycles. The maximum atomic E-state index is 13.0. The Labute approximate surface area is 222 Å². The summed E-state index contributed by atoms with van der Waals surface area (Å²) in [5.41, 5.74) is 0.0374. The average molecular weight is 509 g/mol. The van der Waals surface area contributed by atoms with Crippen LogP contribution in [0.15, 0.2) is 11.6 Å². The molecular weight excluding hydrogens is 452 g/mol. The molecular formula is C30H56N2O4. The van der Waals surface area contributed by atoms with E-state index in [-0.39, 0.29) is 36.3 Å². The van der Waals surface area contributed by atoms with Crippen molar-refractivity contribution in [2.75, 3.05) is 20.2 Å². The van der Waals surface area contributed by atoms with Crippen LogP contribution < -0.4 is 5.32 Å². The van der Waals surface area contributed by atoms with Gasteiger partial charge in [-0.2, -0.15) is 0 Å². The highest BCUT2D eigenvalue weighted by molar-refractivity contribution is 5.89. The Bertz CT molecular complexity index is 667. The van der Waals surface area contributed by atoms with Crippen molar-refractivity contribution >= 4 is 17.8 Å². The van der Waals surface area contributed by atoms with E-state index in [9.17, 15) is 14.4 Å². The lowest BCUT2D eigenvalue weighted by atomic mass is 9.74. The number of hydrogen-bond donors (Lipinski definition) is 1. The van der Waals surface area contributed by atoms with Gasteiger partial charge in [-0.15, -0.1) is 0 Å². The topological polar surface area (TPSA) is 75.7 Å². The zero-order chi connectivity index (χ0) is 27.7. The number of ether oxygens (including phenoxy) is 1. The third-order valence-corrected chi connectivity index (χ3v) is 7.71. The van der Waals surface area contributed by atoms with Crippen molar-refractivity contribution in [1.82, 2.24) is 10.2 Å². The number of nitrogens with one attached hydrogen (secondary N) is 1. The summed E-state index contributed by atoms with van der Waals surface area (Å²) in [5.74, 6) is -0.0448. The van der Waals surface area contributed by atoms with E-state index in [1.165, 1.54) is 38.5 Å². The molecule has 1 fully saturated rings. The summed E-state index contributed by atoms with van der Waals surface area (Å²) in [4.78, 5) is 39.4. The summed E-state index contributed by atoms with van der Waals surface area (Å²) in [6.07, 6.45) is 14.1. The summed E-state index contributed by atoms with van der Waals surface area (Å²) < 4.78 is 5.04. The predicted molar refractivity (Wildman–Crippen MR) is 150 cm³/mol. The smallest absolute Gasteiger partial charge is 0.333 e. The third kappa shape index (κ3) is 11.9. The maximum Gasteiger partial charge on any atom is 0.333 e. The fourth-order valence-corrected chi connectivity index (χ4v) is 4.78. The van der Waals surface area contributed by atoms with Gasteiger partial charge in [0.25, 0.3) is 0 Å². The lowest BCUT2D eigenvalue weighted by molar-refractivity contribution is -0.138. The van der Waals surface area contributed by atoms with E-state index in [0.717, 1.165) is 25.7 Å². The first-order chi connectivity index (χ1) is 17.0. The molecule has 1 aliphatic carbocycles. The Morgan fingerprint density at radius 1 is 0.944 bits per heavy atom. The molecule has 6 heteroatoms. The van der Waals surface area contributed by atoms with Crippen LogP contribution in [0.3, 0.4) is 0 Å². The minimum Gasteiger partial charge on any atom is -0.463 e. The average Bonchev–Trinajstić information content (AvgIpc) is 2.89. The quantitative estimate of drug-likeness (QED) is 0.222. The Morgan fingerprint density at radius 3 is 1.83 bits per heavy atom. The van der Waals surface area contributed by atoms with Gasteiger partial charge in [0.05, 0.1) is 19.2 Å². The number of amides is 2. The largest absolute Gasteiger partial charge is 0.463 e. The van der Waals surface area contributed by atoms with Gasteiger partial charge in [-0.1, -0.05) is 92.6 Å². The van der Waals surface area contributed by atoms with Crippen LogP contribution in [0.4, 0.5) is 0 Å². The summed E-state index contributed by atoms with van der Waals surface area (Å²) in [6.45, 7) is 16.1. The molecule has 36 heavy (non-hydrogen) atoms. The highest BCUT2D eigenvalue weighted by Crippen LogP contribution is 2.35. The highest BCUT2D eigenvalue weighted by Gasteiger charge is 2.36. The second-order valence-electron chi connectivity index (χ2n) is 10.8. The number of rotatable bonds is 13. The van der Waals surface area contributed by atoms with Gasteiger partial charge in [-0.3, -0.25) is 9.59 Å². The maximum absolute atomic E-state index is 13.0. The van der Waals surface area contributed by atoms with Gasteiger partial charge >= 0.3 is 5.97 Å². The molecule has 0 saturated heterocycles. The van der Waals surface area contributed by atoms with Crippen molar-refractivity contribution in [1.29, 1.82) is 0 Å². The van der Waals surface area contributed by atoms with Gasteiger partial charge in [0, 0.05) is 18.0 Å². The Morgan fingerprint density at radius 2 is 1.44 bits per heavy atom. The van der Waals surface area contributed by atoms with Crippen molar-refractivity contribution in [2.45, 2.75) is 126 Å². The number of carbonyl (C=O) groups excluding carboxylic acids is 3. The normalized spacial score (nSPS) is 15.9. The van der Waals surface area contributed by atoms with Gasteiger partial charge in [0.2, 0.25) is 11.8 Å². The zero-order valence-electron chi connectivity index (χ0n) is 24.9. The molecule has 1 N–H and O–H groups in total. The fourth-order valence-electron chi connectivity index (χ4n) is 4.78. The Hall–Kier alpha value is -1.85. The van der Waals surface area contributed by atoms with Crippen LogP contribution in [0, 0.1) is 17.3 Å². The monoisotopic (exact) mass is 508 g/mol. The van der Waals surface area contributed by atoms with Crippen LogP contribution in [0.1, 0.15) is 120 Å². The first kappa shape index (κ1) is 34.1. The number of nitrogens with zero attached hydrogens (tertiary/aromatic N) is 1. The summed E-state index contributed by atoms with van der Waals surface area (Å²) in [7, 11) is 1.71. The molecule has 2 amide bonds. The molecule has 0 aliphatic heterocycles. The lowest BCUT2D eigenvalue weighted by Gasteiger charge is -2.33. The molecule has 1 rings (SSSR count). The molecule has 0 spiro atoms. The predicted octanol–water partition coefficient (Wildman–Crippen LogP) is 6.68. The highest BCUT2D eigenvalue weighted by atomic mass is 16.5. The van der Waals surface area contributed by atoms with Crippen LogP contribution in [0.2, 0.25) is 0 Å². The van der Waals surface area contributed by atoms with Crippen molar-refractivity contribution < 1.29 is 19.1 Å². The van der Waals surface area contributed by atoms with E-state index in [1.807, 2.05) is 27.7 Å². The second kappa shape index (κ2) is 18.4. The van der Waals surface area contributed by atoms with Crippen LogP contribution in [-0.4, -0.2) is 48.9 Å². The first-order valence-electron chi connectivity index (χ1n) is 14.4. The SMILES string of the molecule is C1CCCCC1.CCOC(=O)/C(C)=C/[C@H](C(C)C)N(C)C(=O)CNC(=O)C(CC)(CC)CC(C)CC. The molecule has 0 heterocycles. The van der Waals surface area contributed by atoms with Crippen molar-refractivity contribution in [3.8, 4) is 0 Å². The zero-order valence-corrected chi connectivity index (χ0v) is 24.9.